The molecule has 1 fully saturated rings. The van der Waals surface area contributed by atoms with E-state index >= 15 is 0 Å². The van der Waals surface area contributed by atoms with Crippen LogP contribution in [0.4, 0.5) is 4.79 Å². The first-order valence-corrected chi connectivity index (χ1v) is 10.7. The Labute approximate surface area is 182 Å². The van der Waals surface area contributed by atoms with Gasteiger partial charge in [0.25, 0.3) is 0 Å². The fraction of sp³-hybridized carbons (Fsp3) is 0.333. The summed E-state index contributed by atoms with van der Waals surface area (Å²) in [6.45, 7) is 4.67. The average molecular weight is 421 g/mol. The number of aromatic amines is 1. The molecule has 1 aliphatic heterocycles. The van der Waals surface area contributed by atoms with Crippen LogP contribution in [0.2, 0.25) is 0 Å². The van der Waals surface area contributed by atoms with Crippen molar-refractivity contribution in [3.63, 3.8) is 0 Å². The number of pyridine rings is 1. The summed E-state index contributed by atoms with van der Waals surface area (Å²) < 4.78 is 11.2. The Hall–Kier alpha value is -3.32. The lowest BCUT2D eigenvalue weighted by molar-refractivity contribution is 0.111. The lowest BCUT2D eigenvalue weighted by Crippen LogP contribution is -2.49. The maximum Gasteiger partial charge on any atom is 0.415 e. The number of aromatic nitrogens is 2. The monoisotopic (exact) mass is 420 g/mol. The van der Waals surface area contributed by atoms with Crippen LogP contribution in [0.3, 0.4) is 0 Å². The Kier molecular flexibility index (Phi) is 7.18. The molecular weight excluding hydrogens is 392 g/mol. The van der Waals surface area contributed by atoms with Crippen LogP contribution in [0, 0.1) is 0 Å². The Morgan fingerprint density at radius 3 is 2.52 bits per heavy atom. The Bertz CT molecular complexity index is 921. The third-order valence-corrected chi connectivity index (χ3v) is 5.41. The predicted octanol–water partition coefficient (Wildman–Crippen LogP) is 3.39. The number of piperazine rings is 1. The summed E-state index contributed by atoms with van der Waals surface area (Å²) in [6.07, 6.45) is 6.86. The van der Waals surface area contributed by atoms with Gasteiger partial charge in [-0.05, 0) is 42.0 Å². The molecule has 1 aromatic carbocycles. The van der Waals surface area contributed by atoms with Crippen LogP contribution < -0.4 is 9.47 Å². The van der Waals surface area contributed by atoms with Crippen molar-refractivity contribution < 1.29 is 14.3 Å². The van der Waals surface area contributed by atoms with Gasteiger partial charge >= 0.3 is 6.09 Å². The molecule has 7 nitrogen and oxygen atoms in total. The number of nitrogens with zero attached hydrogens (tertiary/aromatic N) is 3. The summed E-state index contributed by atoms with van der Waals surface area (Å²) in [5, 5.41) is 0. The zero-order chi connectivity index (χ0) is 21.3. The number of ether oxygens (including phenoxy) is 2. The van der Waals surface area contributed by atoms with Gasteiger partial charge in [0, 0.05) is 63.7 Å². The molecule has 0 aliphatic carbocycles. The van der Waals surface area contributed by atoms with Crippen LogP contribution in [-0.4, -0.2) is 65.2 Å². The van der Waals surface area contributed by atoms with Crippen LogP contribution in [0.15, 0.2) is 67.1 Å². The number of rotatable bonds is 8. The number of carbonyl (C=O) groups is 1. The van der Waals surface area contributed by atoms with Crippen LogP contribution in [0.1, 0.15) is 11.3 Å². The van der Waals surface area contributed by atoms with E-state index in [0.29, 0.717) is 25.4 Å². The highest BCUT2D eigenvalue weighted by atomic mass is 16.6. The molecule has 2 aromatic heterocycles. The normalized spacial score (nSPS) is 14.4. The minimum atomic E-state index is -0.281. The standard InChI is InChI=1S/C24H28N4O3/c29-24(28-16-14-27(15-17-28)13-9-21-3-1-12-26-21)31-22-7-5-20(6-8-22)10-18-30-23-4-2-11-25-19-23/h1-8,11-12,19,26H,9-10,13-18H2. The Balaban J connectivity index is 1.16. The zero-order valence-electron chi connectivity index (χ0n) is 17.6. The first kappa shape index (κ1) is 20.9. The van der Waals surface area contributed by atoms with Crippen molar-refractivity contribution in [2.45, 2.75) is 12.8 Å². The first-order valence-electron chi connectivity index (χ1n) is 10.7. The van der Waals surface area contributed by atoms with Gasteiger partial charge in [0.2, 0.25) is 0 Å². The molecule has 1 N–H and O–H groups in total. The molecule has 0 unspecified atom stereocenters. The molecule has 0 atom stereocenters. The number of amides is 1. The fourth-order valence-corrected chi connectivity index (χ4v) is 3.56. The van der Waals surface area contributed by atoms with E-state index in [-0.39, 0.29) is 6.09 Å². The molecule has 3 aromatic rings. The van der Waals surface area contributed by atoms with Gasteiger partial charge in [-0.2, -0.15) is 0 Å². The van der Waals surface area contributed by atoms with Crippen LogP contribution >= 0.6 is 0 Å². The quantitative estimate of drug-likeness (QED) is 0.605. The van der Waals surface area contributed by atoms with E-state index in [0.717, 1.165) is 43.8 Å². The van der Waals surface area contributed by atoms with Crippen LogP contribution in [0.25, 0.3) is 0 Å². The second-order valence-corrected chi connectivity index (χ2v) is 7.57. The topological polar surface area (TPSA) is 70.7 Å². The van der Waals surface area contributed by atoms with Gasteiger partial charge in [-0.3, -0.25) is 9.88 Å². The van der Waals surface area contributed by atoms with Gasteiger partial charge in [-0.25, -0.2) is 4.79 Å². The second-order valence-electron chi connectivity index (χ2n) is 7.57. The summed E-state index contributed by atoms with van der Waals surface area (Å²) in [5.41, 5.74) is 2.37. The Morgan fingerprint density at radius 1 is 0.968 bits per heavy atom. The molecule has 0 radical (unpaired) electrons. The predicted molar refractivity (Wildman–Crippen MR) is 118 cm³/mol. The van der Waals surface area contributed by atoms with E-state index in [1.54, 1.807) is 17.3 Å². The number of carbonyl (C=O) groups excluding carboxylic acids is 1. The molecule has 0 saturated carbocycles. The smallest absolute Gasteiger partial charge is 0.415 e. The number of nitrogens with one attached hydrogen (secondary N) is 1. The van der Waals surface area contributed by atoms with Crippen molar-refractivity contribution in [1.29, 1.82) is 0 Å². The van der Waals surface area contributed by atoms with Crippen LogP contribution in [-0.2, 0) is 12.8 Å². The third kappa shape index (κ3) is 6.33. The first-order chi connectivity index (χ1) is 15.3. The fourth-order valence-electron chi connectivity index (χ4n) is 3.56. The van der Waals surface area contributed by atoms with Crippen molar-refractivity contribution in [3.05, 3.63) is 78.4 Å². The van der Waals surface area contributed by atoms with E-state index in [4.69, 9.17) is 9.47 Å². The average Bonchev–Trinajstić information content (AvgIpc) is 3.34. The van der Waals surface area contributed by atoms with Gasteiger partial charge < -0.3 is 19.4 Å². The van der Waals surface area contributed by atoms with Gasteiger partial charge in [0.05, 0.1) is 12.8 Å². The van der Waals surface area contributed by atoms with E-state index < -0.39 is 0 Å². The van der Waals surface area contributed by atoms with Gasteiger partial charge in [0.15, 0.2) is 0 Å². The SMILES string of the molecule is O=C(Oc1ccc(CCOc2cccnc2)cc1)N1CCN(CCc2ccc[nH]2)CC1. The minimum Gasteiger partial charge on any atom is -0.492 e. The number of hydrogen-bond acceptors (Lipinski definition) is 5. The highest BCUT2D eigenvalue weighted by molar-refractivity contribution is 5.70. The highest BCUT2D eigenvalue weighted by Crippen LogP contribution is 2.15. The highest BCUT2D eigenvalue weighted by Gasteiger charge is 2.22. The molecule has 3 heterocycles. The molecule has 0 spiro atoms. The summed E-state index contributed by atoms with van der Waals surface area (Å²) in [4.78, 5) is 23.9. The molecule has 31 heavy (non-hydrogen) atoms. The third-order valence-electron chi connectivity index (χ3n) is 5.41. The van der Waals surface area contributed by atoms with E-state index in [1.807, 2.05) is 48.7 Å². The van der Waals surface area contributed by atoms with Crippen molar-refractivity contribution in [1.82, 2.24) is 19.8 Å². The molecule has 1 aliphatic rings. The molecular formula is C24H28N4O3. The molecule has 1 amide bonds. The van der Waals surface area contributed by atoms with Crippen molar-refractivity contribution in [2.24, 2.45) is 0 Å². The maximum atomic E-state index is 12.5. The van der Waals surface area contributed by atoms with Gasteiger partial charge in [-0.1, -0.05) is 12.1 Å². The number of hydrogen-bond donors (Lipinski definition) is 1. The molecule has 162 valence electrons. The minimum absolute atomic E-state index is 0.281. The molecule has 0 bridgehead atoms. The number of benzene rings is 1. The van der Waals surface area contributed by atoms with Crippen molar-refractivity contribution >= 4 is 6.09 Å². The van der Waals surface area contributed by atoms with E-state index in [9.17, 15) is 4.79 Å². The molecule has 1 saturated heterocycles. The van der Waals surface area contributed by atoms with Gasteiger partial charge in [0.1, 0.15) is 11.5 Å². The second kappa shape index (κ2) is 10.6. The largest absolute Gasteiger partial charge is 0.492 e. The van der Waals surface area contributed by atoms with E-state index in [1.165, 1.54) is 5.69 Å². The van der Waals surface area contributed by atoms with E-state index in [2.05, 4.69) is 20.9 Å². The van der Waals surface area contributed by atoms with Gasteiger partial charge in [-0.15, -0.1) is 0 Å². The lowest BCUT2D eigenvalue weighted by atomic mass is 10.1. The maximum absolute atomic E-state index is 12.5. The summed E-state index contributed by atoms with van der Waals surface area (Å²) in [7, 11) is 0. The zero-order valence-corrected chi connectivity index (χ0v) is 17.6. The lowest BCUT2D eigenvalue weighted by Gasteiger charge is -2.33. The van der Waals surface area contributed by atoms with Crippen molar-refractivity contribution in [3.8, 4) is 11.5 Å². The Morgan fingerprint density at radius 2 is 1.81 bits per heavy atom. The number of H-pyrrole nitrogens is 1. The van der Waals surface area contributed by atoms with Crippen LogP contribution in [0.5, 0.6) is 11.5 Å². The molecule has 4 rings (SSSR count). The summed E-state index contributed by atoms with van der Waals surface area (Å²) in [6, 6.07) is 15.5. The summed E-state index contributed by atoms with van der Waals surface area (Å²) >= 11 is 0. The molecule has 7 heteroatoms. The summed E-state index contributed by atoms with van der Waals surface area (Å²) in [5.74, 6) is 1.33. The van der Waals surface area contributed by atoms with Crippen molar-refractivity contribution in [2.75, 3.05) is 39.3 Å².